The first-order chi connectivity index (χ1) is 9.95. The number of rotatable bonds is 7. The highest BCUT2D eigenvalue weighted by atomic mass is 32.2. The Labute approximate surface area is 132 Å². The van der Waals surface area contributed by atoms with Gasteiger partial charge in [-0.25, -0.2) is 8.42 Å². The van der Waals surface area contributed by atoms with Gasteiger partial charge in [0.2, 0.25) is 10.0 Å². The Morgan fingerprint density at radius 3 is 2.62 bits per heavy atom. The molecule has 0 bridgehead atoms. The maximum absolute atomic E-state index is 12.8. The predicted octanol–water partition coefficient (Wildman–Crippen LogP) is 3.20. The first-order valence-electron chi connectivity index (χ1n) is 7.77. The highest BCUT2D eigenvalue weighted by Gasteiger charge is 2.32. The molecule has 1 aliphatic rings. The van der Waals surface area contributed by atoms with Gasteiger partial charge >= 0.3 is 0 Å². The number of nitrogens with one attached hydrogen (secondary N) is 1. The summed E-state index contributed by atoms with van der Waals surface area (Å²) in [5.74, 6) is 0. The van der Waals surface area contributed by atoms with Crippen LogP contribution < -0.4 is 5.32 Å². The van der Waals surface area contributed by atoms with Gasteiger partial charge < -0.3 is 5.32 Å². The lowest BCUT2D eigenvalue weighted by Gasteiger charge is -2.26. The predicted molar refractivity (Wildman–Crippen MR) is 88.1 cm³/mol. The van der Waals surface area contributed by atoms with Crippen molar-refractivity contribution in [2.45, 2.75) is 70.0 Å². The molecule has 0 atom stereocenters. The second-order valence-electron chi connectivity index (χ2n) is 5.93. The third-order valence-electron chi connectivity index (χ3n) is 3.96. The topological polar surface area (TPSA) is 49.4 Å². The molecule has 120 valence electrons. The Bertz CT molecular complexity index is 546. The fraction of sp³-hybridized carbons (Fsp3) is 0.733. The van der Waals surface area contributed by atoms with Crippen molar-refractivity contribution >= 4 is 21.4 Å². The molecule has 1 heterocycles. The van der Waals surface area contributed by atoms with Crippen LogP contribution in [0.15, 0.2) is 16.3 Å². The van der Waals surface area contributed by atoms with Gasteiger partial charge in [-0.05, 0) is 18.9 Å². The largest absolute Gasteiger partial charge is 0.310 e. The Balaban J connectivity index is 2.14. The lowest BCUT2D eigenvalue weighted by molar-refractivity contribution is 0.335. The molecule has 1 N–H and O–H groups in total. The monoisotopic (exact) mass is 330 g/mol. The molecule has 0 aromatic carbocycles. The minimum atomic E-state index is -3.34. The van der Waals surface area contributed by atoms with Crippen molar-refractivity contribution in [3.05, 3.63) is 16.3 Å². The molecule has 0 radical (unpaired) electrons. The zero-order chi connectivity index (χ0) is 15.5. The molecule has 0 aliphatic heterocycles. The third kappa shape index (κ3) is 4.06. The average Bonchev–Trinajstić information content (AvgIpc) is 3.08. The fourth-order valence-corrected chi connectivity index (χ4v) is 5.75. The van der Waals surface area contributed by atoms with Crippen molar-refractivity contribution in [1.29, 1.82) is 0 Å². The Kier molecular flexibility index (Phi) is 5.82. The van der Waals surface area contributed by atoms with Crippen LogP contribution in [0.2, 0.25) is 0 Å². The second-order valence-corrected chi connectivity index (χ2v) is 8.82. The van der Waals surface area contributed by atoms with E-state index in [0.717, 1.165) is 37.1 Å². The maximum Gasteiger partial charge on any atom is 0.244 e. The SMILES string of the molecule is CCN(C1CCCC1)S(=O)(=O)c1csc(CNC(C)C)c1. The molecule has 1 aliphatic carbocycles. The minimum absolute atomic E-state index is 0.192. The highest BCUT2D eigenvalue weighted by molar-refractivity contribution is 7.89. The van der Waals surface area contributed by atoms with Crippen LogP contribution >= 0.6 is 11.3 Å². The zero-order valence-corrected chi connectivity index (χ0v) is 14.8. The molecule has 0 spiro atoms. The van der Waals surface area contributed by atoms with E-state index >= 15 is 0 Å². The summed E-state index contributed by atoms with van der Waals surface area (Å²) in [6.45, 7) is 7.40. The molecule has 1 saturated carbocycles. The van der Waals surface area contributed by atoms with E-state index in [1.807, 2.05) is 13.0 Å². The van der Waals surface area contributed by atoms with Crippen LogP contribution in [0.1, 0.15) is 51.3 Å². The first kappa shape index (κ1) is 16.9. The van der Waals surface area contributed by atoms with Crippen LogP contribution in [-0.4, -0.2) is 31.4 Å². The Morgan fingerprint density at radius 2 is 2.05 bits per heavy atom. The summed E-state index contributed by atoms with van der Waals surface area (Å²) in [6, 6.07) is 2.42. The van der Waals surface area contributed by atoms with E-state index in [4.69, 9.17) is 0 Å². The number of thiophene rings is 1. The lowest BCUT2D eigenvalue weighted by atomic mass is 10.2. The molecule has 4 nitrogen and oxygen atoms in total. The van der Waals surface area contributed by atoms with E-state index in [2.05, 4.69) is 19.2 Å². The van der Waals surface area contributed by atoms with Gasteiger partial charge in [-0.2, -0.15) is 4.31 Å². The van der Waals surface area contributed by atoms with Gasteiger partial charge in [0.1, 0.15) is 0 Å². The van der Waals surface area contributed by atoms with E-state index in [1.165, 1.54) is 11.3 Å². The van der Waals surface area contributed by atoms with Gasteiger partial charge in [-0.3, -0.25) is 0 Å². The Morgan fingerprint density at radius 1 is 1.38 bits per heavy atom. The van der Waals surface area contributed by atoms with E-state index in [9.17, 15) is 8.42 Å². The van der Waals surface area contributed by atoms with Crippen LogP contribution in [0.25, 0.3) is 0 Å². The first-order valence-corrected chi connectivity index (χ1v) is 10.1. The number of nitrogens with zero attached hydrogens (tertiary/aromatic N) is 1. The average molecular weight is 331 g/mol. The molecule has 1 aromatic rings. The van der Waals surface area contributed by atoms with Crippen LogP contribution in [0.3, 0.4) is 0 Å². The molecular formula is C15H26N2O2S2. The number of hydrogen-bond acceptors (Lipinski definition) is 4. The normalized spacial score (nSPS) is 17.2. The summed E-state index contributed by atoms with van der Waals surface area (Å²) in [6.07, 6.45) is 4.28. The molecular weight excluding hydrogens is 304 g/mol. The van der Waals surface area contributed by atoms with Crippen molar-refractivity contribution in [2.24, 2.45) is 0 Å². The molecule has 21 heavy (non-hydrogen) atoms. The molecule has 1 aromatic heterocycles. The summed E-state index contributed by atoms with van der Waals surface area (Å²) in [7, 11) is -3.34. The minimum Gasteiger partial charge on any atom is -0.310 e. The summed E-state index contributed by atoms with van der Waals surface area (Å²) in [5, 5.41) is 5.11. The summed E-state index contributed by atoms with van der Waals surface area (Å²) in [4.78, 5) is 1.53. The molecule has 1 fully saturated rings. The zero-order valence-electron chi connectivity index (χ0n) is 13.1. The smallest absolute Gasteiger partial charge is 0.244 e. The lowest BCUT2D eigenvalue weighted by Crippen LogP contribution is -2.38. The standard InChI is InChI=1S/C15H26N2O2S2/c1-4-17(13-7-5-6-8-13)21(18,19)15-9-14(20-11-15)10-16-12(2)3/h9,11-13,16H,4-8,10H2,1-3H3. The summed E-state index contributed by atoms with van der Waals surface area (Å²) in [5.41, 5.74) is 0. The van der Waals surface area contributed by atoms with Crippen LogP contribution in [0.4, 0.5) is 0 Å². The van der Waals surface area contributed by atoms with Crippen molar-refractivity contribution in [3.63, 3.8) is 0 Å². The highest BCUT2D eigenvalue weighted by Crippen LogP contribution is 2.30. The van der Waals surface area contributed by atoms with Crippen molar-refractivity contribution < 1.29 is 8.42 Å². The van der Waals surface area contributed by atoms with Gasteiger partial charge in [-0.15, -0.1) is 11.3 Å². The van der Waals surface area contributed by atoms with E-state index in [0.29, 0.717) is 17.5 Å². The number of hydrogen-bond donors (Lipinski definition) is 1. The van der Waals surface area contributed by atoms with Crippen LogP contribution in [0.5, 0.6) is 0 Å². The van der Waals surface area contributed by atoms with Gasteiger partial charge in [0, 0.05) is 35.4 Å². The van der Waals surface area contributed by atoms with Gasteiger partial charge in [-0.1, -0.05) is 33.6 Å². The molecule has 0 amide bonds. The molecule has 2 rings (SSSR count). The van der Waals surface area contributed by atoms with Gasteiger partial charge in [0.15, 0.2) is 0 Å². The molecule has 0 saturated heterocycles. The van der Waals surface area contributed by atoms with E-state index < -0.39 is 10.0 Å². The number of sulfonamides is 1. The van der Waals surface area contributed by atoms with E-state index in [-0.39, 0.29) is 6.04 Å². The van der Waals surface area contributed by atoms with Crippen molar-refractivity contribution in [3.8, 4) is 0 Å². The van der Waals surface area contributed by atoms with E-state index in [1.54, 1.807) is 9.69 Å². The van der Waals surface area contributed by atoms with Crippen LogP contribution in [0, 0.1) is 0 Å². The van der Waals surface area contributed by atoms with Gasteiger partial charge in [0.25, 0.3) is 0 Å². The fourth-order valence-electron chi connectivity index (χ4n) is 2.85. The van der Waals surface area contributed by atoms with Crippen molar-refractivity contribution in [1.82, 2.24) is 9.62 Å². The van der Waals surface area contributed by atoms with Crippen LogP contribution in [-0.2, 0) is 16.6 Å². The van der Waals surface area contributed by atoms with Gasteiger partial charge in [0.05, 0.1) is 4.90 Å². The quantitative estimate of drug-likeness (QED) is 0.835. The summed E-state index contributed by atoms with van der Waals surface area (Å²) >= 11 is 1.52. The second kappa shape index (κ2) is 7.22. The maximum atomic E-state index is 12.8. The molecule has 6 heteroatoms. The molecule has 0 unspecified atom stereocenters. The van der Waals surface area contributed by atoms with Crippen molar-refractivity contribution in [2.75, 3.05) is 6.54 Å². The Hall–Kier alpha value is -0.430. The summed E-state index contributed by atoms with van der Waals surface area (Å²) < 4.78 is 27.3. The third-order valence-corrected chi connectivity index (χ3v) is 7.06.